The number of esters is 1. The molecule has 1 saturated carbocycles. The lowest BCUT2D eigenvalue weighted by molar-refractivity contribution is -0.159. The Morgan fingerprint density at radius 1 is 1.27 bits per heavy atom. The van der Waals surface area contributed by atoms with E-state index >= 15 is 0 Å². The molecule has 0 unspecified atom stereocenters. The summed E-state index contributed by atoms with van der Waals surface area (Å²) in [5.41, 5.74) is 6.01. The van der Waals surface area contributed by atoms with Crippen LogP contribution in [0.1, 0.15) is 36.8 Å². The molecular weight excluding hydrogens is 326 g/mol. The molecule has 4 aliphatic rings. The van der Waals surface area contributed by atoms with Crippen LogP contribution in [0.25, 0.3) is 5.57 Å². The van der Waals surface area contributed by atoms with Crippen LogP contribution < -0.4 is 0 Å². The highest BCUT2D eigenvalue weighted by molar-refractivity contribution is 5.78. The van der Waals surface area contributed by atoms with Crippen LogP contribution in [0.5, 0.6) is 0 Å². The summed E-state index contributed by atoms with van der Waals surface area (Å²) in [5.74, 6) is 0.170. The first-order valence-electron chi connectivity index (χ1n) is 9.97. The van der Waals surface area contributed by atoms with Gasteiger partial charge in [0.2, 0.25) is 0 Å². The van der Waals surface area contributed by atoms with Crippen molar-refractivity contribution in [3.05, 3.63) is 41.0 Å². The van der Waals surface area contributed by atoms with Gasteiger partial charge in [0.25, 0.3) is 0 Å². The van der Waals surface area contributed by atoms with Gasteiger partial charge in [-0.3, -0.25) is 9.69 Å². The van der Waals surface area contributed by atoms with Crippen LogP contribution in [0.3, 0.4) is 0 Å². The molecule has 1 aromatic carbocycles. The molecule has 1 saturated heterocycles. The first-order chi connectivity index (χ1) is 12.7. The maximum Gasteiger partial charge on any atom is 0.311 e. The number of carbonyl (C=O) groups is 1. The van der Waals surface area contributed by atoms with Gasteiger partial charge in [0.05, 0.1) is 19.1 Å². The van der Waals surface area contributed by atoms with Crippen molar-refractivity contribution in [2.45, 2.75) is 44.2 Å². The van der Waals surface area contributed by atoms with Gasteiger partial charge in [-0.15, -0.1) is 0 Å². The number of fused-ring (bicyclic) bond motifs is 5. The van der Waals surface area contributed by atoms with E-state index in [4.69, 9.17) is 4.74 Å². The molecule has 0 aromatic heterocycles. The van der Waals surface area contributed by atoms with Crippen LogP contribution >= 0.6 is 0 Å². The standard InChI is InChI=1S/C22H27NO3/c1-26-22(25)21-17-11-19-18-10-13-4-2-3-5-15(13)16(18)8-9-23(19)12-14(17)6-7-20(21)24/h2-5,14,17,19-21,24H,6-12H2,1H3/t14-,17+,19+,20+,21-/m0/s1. The van der Waals surface area contributed by atoms with Gasteiger partial charge in [-0.25, -0.2) is 0 Å². The number of aliphatic hydroxyl groups is 1. The summed E-state index contributed by atoms with van der Waals surface area (Å²) in [6.07, 6.45) is 4.37. The number of aliphatic hydroxyl groups excluding tert-OH is 1. The zero-order chi connectivity index (χ0) is 17.8. The number of hydrogen-bond donors (Lipinski definition) is 1. The summed E-state index contributed by atoms with van der Waals surface area (Å²) in [6.45, 7) is 2.18. The van der Waals surface area contributed by atoms with Crippen LogP contribution in [-0.4, -0.2) is 48.3 Å². The number of piperidine rings is 1. The number of rotatable bonds is 1. The summed E-state index contributed by atoms with van der Waals surface area (Å²) in [5, 5.41) is 10.5. The van der Waals surface area contributed by atoms with Crippen molar-refractivity contribution >= 4 is 11.5 Å². The topological polar surface area (TPSA) is 49.8 Å². The molecule has 138 valence electrons. The van der Waals surface area contributed by atoms with E-state index in [1.54, 1.807) is 11.1 Å². The second-order valence-corrected chi connectivity index (χ2v) is 8.45. The summed E-state index contributed by atoms with van der Waals surface area (Å²) in [7, 11) is 1.45. The molecule has 2 heterocycles. The van der Waals surface area contributed by atoms with Gasteiger partial charge in [-0.05, 0) is 66.2 Å². The Morgan fingerprint density at radius 3 is 2.96 bits per heavy atom. The zero-order valence-corrected chi connectivity index (χ0v) is 15.4. The Kier molecular flexibility index (Phi) is 3.94. The lowest BCUT2D eigenvalue weighted by atomic mass is 9.64. The molecule has 5 atom stereocenters. The molecule has 4 nitrogen and oxygen atoms in total. The largest absolute Gasteiger partial charge is 0.469 e. The second-order valence-electron chi connectivity index (χ2n) is 8.45. The molecule has 26 heavy (non-hydrogen) atoms. The Bertz CT molecular complexity index is 770. The van der Waals surface area contributed by atoms with E-state index in [2.05, 4.69) is 29.2 Å². The van der Waals surface area contributed by atoms with Crippen molar-refractivity contribution in [1.29, 1.82) is 0 Å². The minimum Gasteiger partial charge on any atom is -0.469 e. The summed E-state index contributed by atoms with van der Waals surface area (Å²) >= 11 is 0. The van der Waals surface area contributed by atoms with Crippen LogP contribution in [-0.2, 0) is 16.0 Å². The first-order valence-corrected chi connectivity index (χ1v) is 9.97. The van der Waals surface area contributed by atoms with Gasteiger partial charge in [0.1, 0.15) is 0 Å². The Morgan fingerprint density at radius 2 is 2.12 bits per heavy atom. The van der Waals surface area contributed by atoms with Gasteiger partial charge in [0, 0.05) is 19.1 Å². The van der Waals surface area contributed by atoms with E-state index in [-0.39, 0.29) is 17.8 Å². The summed E-state index contributed by atoms with van der Waals surface area (Å²) in [4.78, 5) is 15.0. The van der Waals surface area contributed by atoms with Crippen molar-refractivity contribution < 1.29 is 14.6 Å². The fourth-order valence-electron chi connectivity index (χ4n) is 6.16. The van der Waals surface area contributed by atoms with Gasteiger partial charge >= 0.3 is 5.97 Å². The third kappa shape index (κ3) is 2.39. The molecule has 5 rings (SSSR count). The fourth-order valence-corrected chi connectivity index (χ4v) is 6.16. The minimum atomic E-state index is -0.548. The van der Waals surface area contributed by atoms with E-state index in [0.29, 0.717) is 12.0 Å². The van der Waals surface area contributed by atoms with E-state index < -0.39 is 6.10 Å². The molecule has 0 amide bonds. The molecular formula is C22H27NO3. The van der Waals surface area contributed by atoms with Crippen LogP contribution in [0.4, 0.5) is 0 Å². The van der Waals surface area contributed by atoms with Crippen molar-refractivity contribution in [3.8, 4) is 0 Å². The van der Waals surface area contributed by atoms with E-state index in [9.17, 15) is 9.90 Å². The van der Waals surface area contributed by atoms with Crippen molar-refractivity contribution in [3.63, 3.8) is 0 Å². The number of methoxy groups -OCH3 is 1. The number of carbonyl (C=O) groups excluding carboxylic acids is 1. The number of hydrogen-bond acceptors (Lipinski definition) is 4. The second kappa shape index (κ2) is 6.21. The predicted octanol–water partition coefficient (Wildman–Crippen LogP) is 2.65. The average Bonchev–Trinajstić information content (AvgIpc) is 3.05. The third-order valence-electron chi connectivity index (χ3n) is 7.36. The summed E-state index contributed by atoms with van der Waals surface area (Å²) in [6, 6.07) is 9.22. The molecule has 0 spiro atoms. The highest BCUT2D eigenvalue weighted by Gasteiger charge is 2.50. The molecule has 2 aliphatic carbocycles. The Hall–Kier alpha value is -1.65. The van der Waals surface area contributed by atoms with Gasteiger partial charge in [0.15, 0.2) is 0 Å². The molecule has 1 N–H and O–H groups in total. The van der Waals surface area contributed by atoms with Crippen LogP contribution in [0, 0.1) is 17.8 Å². The van der Waals surface area contributed by atoms with Gasteiger partial charge < -0.3 is 9.84 Å². The van der Waals surface area contributed by atoms with Gasteiger partial charge in [-0.1, -0.05) is 24.3 Å². The first kappa shape index (κ1) is 16.5. The highest BCUT2D eigenvalue weighted by Crippen LogP contribution is 2.49. The van der Waals surface area contributed by atoms with E-state index in [1.807, 2.05) is 0 Å². The summed E-state index contributed by atoms with van der Waals surface area (Å²) < 4.78 is 5.06. The Labute approximate surface area is 154 Å². The fraction of sp³-hybridized carbons (Fsp3) is 0.591. The van der Waals surface area contributed by atoms with Gasteiger partial charge in [-0.2, -0.15) is 0 Å². The van der Waals surface area contributed by atoms with Crippen molar-refractivity contribution in [1.82, 2.24) is 4.90 Å². The smallest absolute Gasteiger partial charge is 0.311 e. The van der Waals surface area contributed by atoms with Crippen LogP contribution in [0.2, 0.25) is 0 Å². The van der Waals surface area contributed by atoms with Crippen molar-refractivity contribution in [2.24, 2.45) is 17.8 Å². The molecule has 0 radical (unpaired) electrons. The molecule has 0 bridgehead atoms. The van der Waals surface area contributed by atoms with Crippen molar-refractivity contribution in [2.75, 3.05) is 20.2 Å². The number of benzene rings is 1. The minimum absolute atomic E-state index is 0.222. The maximum atomic E-state index is 12.4. The molecule has 2 aliphatic heterocycles. The lowest BCUT2D eigenvalue weighted by Crippen LogP contribution is -2.56. The predicted molar refractivity (Wildman–Crippen MR) is 99.4 cm³/mol. The van der Waals surface area contributed by atoms with Crippen LogP contribution in [0.15, 0.2) is 29.8 Å². The quantitative estimate of drug-likeness (QED) is 0.789. The Balaban J connectivity index is 1.47. The maximum absolute atomic E-state index is 12.4. The number of nitrogens with zero attached hydrogens (tertiary/aromatic N) is 1. The van der Waals surface area contributed by atoms with E-state index in [0.717, 1.165) is 45.2 Å². The molecule has 2 fully saturated rings. The molecule has 4 heteroatoms. The molecule has 1 aromatic rings. The normalized spacial score (nSPS) is 36.0. The highest BCUT2D eigenvalue weighted by atomic mass is 16.5. The SMILES string of the molecule is COC(=O)[C@H]1[C@@H]2C[C@@H]3C4=C(CCN3C[C@@H]2CC[C@H]1O)c1ccccc1C4. The average molecular weight is 353 g/mol. The zero-order valence-electron chi connectivity index (χ0n) is 15.4. The third-order valence-corrected chi connectivity index (χ3v) is 7.36. The van der Waals surface area contributed by atoms with E-state index in [1.165, 1.54) is 18.2 Å². The lowest BCUT2D eigenvalue weighted by Gasteiger charge is -2.51. The monoisotopic (exact) mass is 353 g/mol. The number of ether oxygens (including phenoxy) is 1.